The molecule has 35 heavy (non-hydrogen) atoms. The molecular formula is C24H32O11. The second-order valence-electron chi connectivity index (χ2n) is 7.88. The summed E-state index contributed by atoms with van der Waals surface area (Å²) in [6.45, 7) is -1.08. The minimum atomic E-state index is -1.44. The van der Waals surface area contributed by atoms with E-state index in [1.807, 2.05) is 0 Å². The van der Waals surface area contributed by atoms with Gasteiger partial charge in [-0.25, -0.2) is 0 Å². The van der Waals surface area contributed by atoms with Crippen molar-refractivity contribution in [1.29, 1.82) is 0 Å². The quantitative estimate of drug-likeness (QED) is 0.293. The number of aliphatic hydroxyl groups is 4. The zero-order valence-electron chi connectivity index (χ0n) is 19.7. The van der Waals surface area contributed by atoms with Crippen LogP contribution in [0.3, 0.4) is 0 Å². The topological polar surface area (TPSA) is 157 Å². The van der Waals surface area contributed by atoms with Crippen LogP contribution in [0.5, 0.6) is 23.0 Å². The van der Waals surface area contributed by atoms with Gasteiger partial charge in [-0.15, -0.1) is 0 Å². The third-order valence-electron chi connectivity index (χ3n) is 5.76. The summed E-state index contributed by atoms with van der Waals surface area (Å²) in [6, 6.07) is 11.2. The Labute approximate surface area is 203 Å². The van der Waals surface area contributed by atoms with Crippen LogP contribution in [0.1, 0.15) is 11.7 Å². The van der Waals surface area contributed by atoms with E-state index in [9.17, 15) is 25.5 Å². The molecule has 0 unspecified atom stereocenters. The molecule has 1 heterocycles. The number of phenols is 1. The van der Waals surface area contributed by atoms with Crippen LogP contribution in [-0.2, 0) is 14.2 Å². The molecule has 3 rings (SSSR count). The Bertz CT molecular complexity index is 923. The minimum Gasteiger partial charge on any atom is -0.504 e. The molecule has 0 saturated carbocycles. The molecule has 0 radical (unpaired) electrons. The van der Waals surface area contributed by atoms with Crippen LogP contribution in [0.2, 0.25) is 0 Å². The van der Waals surface area contributed by atoms with Gasteiger partial charge < -0.3 is 54.0 Å². The third kappa shape index (κ3) is 5.96. The van der Waals surface area contributed by atoms with Crippen molar-refractivity contribution in [1.82, 2.24) is 0 Å². The van der Waals surface area contributed by atoms with E-state index < -0.39 is 56.1 Å². The number of phenolic OH excluding ortho intramolecular Hbond substituents is 1. The molecule has 0 amide bonds. The van der Waals surface area contributed by atoms with E-state index >= 15 is 0 Å². The van der Waals surface area contributed by atoms with E-state index in [1.54, 1.807) is 24.3 Å². The average molecular weight is 497 g/mol. The monoisotopic (exact) mass is 496 g/mol. The normalized spacial score (nSPS) is 26.1. The van der Waals surface area contributed by atoms with Crippen molar-refractivity contribution in [3.63, 3.8) is 0 Å². The zero-order chi connectivity index (χ0) is 25.5. The molecule has 5 N–H and O–H groups in total. The Hall–Kier alpha value is -2.64. The lowest BCUT2D eigenvalue weighted by atomic mass is 9.97. The fourth-order valence-electron chi connectivity index (χ4n) is 3.90. The van der Waals surface area contributed by atoms with Gasteiger partial charge in [0, 0.05) is 7.11 Å². The number of methoxy groups -OCH3 is 3. The Kier molecular flexibility index (Phi) is 9.52. The van der Waals surface area contributed by atoms with Gasteiger partial charge >= 0.3 is 0 Å². The average Bonchev–Trinajstić information content (AvgIpc) is 2.88. The molecule has 0 aromatic heterocycles. The summed E-state index contributed by atoms with van der Waals surface area (Å²) < 4.78 is 33.3. The van der Waals surface area contributed by atoms with Crippen molar-refractivity contribution in [3.8, 4) is 23.0 Å². The second-order valence-corrected chi connectivity index (χ2v) is 7.88. The summed E-state index contributed by atoms with van der Waals surface area (Å²) in [7, 11) is 4.16. The standard InChI is InChI=1S/C24H32O11/c1-30-15-6-4-5-7-16(15)33-19(12-26)22(13-8-9-14(27)17(10-13)31-2)35-23-20(28)18(11-25)34-24(32-3)21(23)29/h4-10,18-29H,11-12H2,1-3H3/t18-,19-,20+,21-,22-,23+,24+/m1/s1. The molecule has 2 aromatic rings. The predicted molar refractivity (Wildman–Crippen MR) is 122 cm³/mol. The molecule has 11 nitrogen and oxygen atoms in total. The number of hydrogen-bond donors (Lipinski definition) is 5. The number of aliphatic hydroxyl groups excluding tert-OH is 4. The van der Waals surface area contributed by atoms with Gasteiger partial charge in [0.25, 0.3) is 0 Å². The summed E-state index contributed by atoms with van der Waals surface area (Å²) in [4.78, 5) is 0. The van der Waals surface area contributed by atoms with Crippen molar-refractivity contribution < 1.29 is 54.0 Å². The summed E-state index contributed by atoms with van der Waals surface area (Å²) in [6.07, 6.45) is -8.60. The molecule has 1 saturated heterocycles. The first-order chi connectivity index (χ1) is 16.9. The maximum atomic E-state index is 10.8. The first-order valence-electron chi connectivity index (χ1n) is 11.0. The number of hydrogen-bond acceptors (Lipinski definition) is 11. The van der Waals surface area contributed by atoms with Crippen molar-refractivity contribution in [2.24, 2.45) is 0 Å². The maximum Gasteiger partial charge on any atom is 0.186 e. The molecule has 7 atom stereocenters. The number of ether oxygens (including phenoxy) is 6. The lowest BCUT2D eigenvalue weighted by Crippen LogP contribution is -2.60. The van der Waals surface area contributed by atoms with Gasteiger partial charge in [0.05, 0.1) is 27.4 Å². The second kappa shape index (κ2) is 12.4. The molecule has 1 aliphatic heterocycles. The molecule has 0 aliphatic carbocycles. The maximum absolute atomic E-state index is 10.8. The highest BCUT2D eigenvalue weighted by molar-refractivity contribution is 5.43. The van der Waals surface area contributed by atoms with E-state index in [-0.39, 0.29) is 11.5 Å². The smallest absolute Gasteiger partial charge is 0.186 e. The Morgan fingerprint density at radius 3 is 2.20 bits per heavy atom. The van der Waals surface area contributed by atoms with Crippen molar-refractivity contribution >= 4 is 0 Å². The molecule has 0 spiro atoms. The van der Waals surface area contributed by atoms with Gasteiger partial charge in [0.1, 0.15) is 30.5 Å². The first-order valence-corrected chi connectivity index (χ1v) is 11.0. The highest BCUT2D eigenvalue weighted by Gasteiger charge is 2.47. The fourth-order valence-corrected chi connectivity index (χ4v) is 3.90. The minimum absolute atomic E-state index is 0.118. The Morgan fingerprint density at radius 2 is 1.60 bits per heavy atom. The molecule has 194 valence electrons. The van der Waals surface area contributed by atoms with Gasteiger partial charge in [0.15, 0.2) is 35.4 Å². The lowest BCUT2D eigenvalue weighted by molar-refractivity contribution is -0.311. The largest absolute Gasteiger partial charge is 0.504 e. The van der Waals surface area contributed by atoms with Gasteiger partial charge in [-0.05, 0) is 29.8 Å². The van der Waals surface area contributed by atoms with Crippen LogP contribution in [-0.4, -0.2) is 96.9 Å². The van der Waals surface area contributed by atoms with Crippen molar-refractivity contribution in [2.75, 3.05) is 34.5 Å². The fraction of sp³-hybridized carbons (Fsp3) is 0.500. The SMILES string of the molecule is COc1cc([C@@H](O[C@H]2[C@@H](O)[C@@H](CO)O[C@H](OC)[C@@H]2O)[C@@H](CO)Oc2ccccc2OC)ccc1O. The van der Waals surface area contributed by atoms with Crippen molar-refractivity contribution in [2.45, 2.75) is 42.9 Å². The van der Waals surface area contributed by atoms with Crippen LogP contribution in [0.4, 0.5) is 0 Å². The number of para-hydroxylation sites is 2. The number of benzene rings is 2. The molecule has 1 aliphatic rings. The Morgan fingerprint density at radius 1 is 0.914 bits per heavy atom. The van der Waals surface area contributed by atoms with Crippen LogP contribution in [0.25, 0.3) is 0 Å². The highest BCUT2D eigenvalue weighted by atomic mass is 16.7. The van der Waals surface area contributed by atoms with Crippen LogP contribution in [0, 0.1) is 0 Å². The first kappa shape index (κ1) is 27.0. The number of aromatic hydroxyl groups is 1. The zero-order valence-corrected chi connectivity index (χ0v) is 19.7. The van der Waals surface area contributed by atoms with E-state index in [0.29, 0.717) is 17.1 Å². The molecule has 1 fully saturated rings. The molecule has 0 bridgehead atoms. The summed E-state index contributed by atoms with van der Waals surface area (Å²) in [5.74, 6) is 0.761. The third-order valence-corrected chi connectivity index (χ3v) is 5.76. The molecule has 11 heteroatoms. The highest BCUT2D eigenvalue weighted by Crippen LogP contribution is 2.37. The predicted octanol–water partition coefficient (Wildman–Crippen LogP) is 0.361. The molecule has 2 aromatic carbocycles. The summed E-state index contributed by atoms with van der Waals surface area (Å²) in [5.41, 5.74) is 0.411. The van der Waals surface area contributed by atoms with E-state index in [0.717, 1.165) is 0 Å². The van der Waals surface area contributed by atoms with E-state index in [4.69, 9.17) is 28.4 Å². The van der Waals surface area contributed by atoms with Crippen LogP contribution in [0.15, 0.2) is 42.5 Å². The van der Waals surface area contributed by atoms with Gasteiger partial charge in [-0.1, -0.05) is 18.2 Å². The van der Waals surface area contributed by atoms with Gasteiger partial charge in [0.2, 0.25) is 0 Å². The summed E-state index contributed by atoms with van der Waals surface area (Å²) in [5, 5.41) is 51.5. The van der Waals surface area contributed by atoms with E-state index in [2.05, 4.69) is 0 Å². The van der Waals surface area contributed by atoms with E-state index in [1.165, 1.54) is 39.5 Å². The van der Waals surface area contributed by atoms with Gasteiger partial charge in [-0.3, -0.25) is 0 Å². The lowest BCUT2D eigenvalue weighted by Gasteiger charge is -2.43. The van der Waals surface area contributed by atoms with Crippen LogP contribution >= 0.6 is 0 Å². The number of rotatable bonds is 11. The Balaban J connectivity index is 2.02. The summed E-state index contributed by atoms with van der Waals surface area (Å²) >= 11 is 0. The molecular weight excluding hydrogens is 464 g/mol. The van der Waals surface area contributed by atoms with Gasteiger partial charge in [-0.2, -0.15) is 0 Å². The van der Waals surface area contributed by atoms with Crippen LogP contribution < -0.4 is 14.2 Å². The van der Waals surface area contributed by atoms with Crippen molar-refractivity contribution in [3.05, 3.63) is 48.0 Å².